The molecule has 0 fully saturated rings. The Kier molecular flexibility index (Phi) is 3.28. The van der Waals surface area contributed by atoms with Gasteiger partial charge < -0.3 is 0 Å². The summed E-state index contributed by atoms with van der Waals surface area (Å²) in [6.07, 6.45) is 0. The summed E-state index contributed by atoms with van der Waals surface area (Å²) >= 11 is 0. The molecule has 0 amide bonds. The molecule has 22 heavy (non-hydrogen) atoms. The highest BCUT2D eigenvalue weighted by Crippen LogP contribution is 2.38. The first kappa shape index (κ1) is 15.0. The monoisotopic (exact) mass is 291 g/mol. The number of benzene rings is 2. The van der Waals surface area contributed by atoms with Gasteiger partial charge in [-0.25, -0.2) is 4.98 Å². The summed E-state index contributed by atoms with van der Waals surface area (Å²) < 4.78 is 0. The van der Waals surface area contributed by atoms with Gasteiger partial charge in [0.05, 0.1) is 11.0 Å². The topological polar surface area (TPSA) is 12.9 Å². The predicted molar refractivity (Wildman–Crippen MR) is 96.9 cm³/mol. The van der Waals surface area contributed by atoms with Gasteiger partial charge in [-0.15, -0.1) is 0 Å². The summed E-state index contributed by atoms with van der Waals surface area (Å²) in [5, 5.41) is 2.64. The molecule has 3 rings (SSSR count). The van der Waals surface area contributed by atoms with E-state index >= 15 is 0 Å². The lowest BCUT2D eigenvalue weighted by molar-refractivity contribution is 0.600. The Morgan fingerprint density at radius 3 is 2.00 bits per heavy atom. The lowest BCUT2D eigenvalue weighted by Gasteiger charge is -2.25. The quantitative estimate of drug-likeness (QED) is 0.468. The molecule has 0 spiro atoms. The zero-order valence-corrected chi connectivity index (χ0v) is 14.8. The SMILES string of the molecule is Cc1cc2nc3c(C)ccc(C)c3c(C(C)(C)C)c2cc1C. The van der Waals surface area contributed by atoms with Crippen LogP contribution in [0.3, 0.4) is 0 Å². The number of hydrogen-bond acceptors (Lipinski definition) is 1. The molecule has 0 saturated carbocycles. The van der Waals surface area contributed by atoms with Crippen molar-refractivity contribution in [2.24, 2.45) is 0 Å². The average Bonchev–Trinajstić information content (AvgIpc) is 2.41. The highest BCUT2D eigenvalue weighted by atomic mass is 14.7. The Morgan fingerprint density at radius 2 is 1.36 bits per heavy atom. The van der Waals surface area contributed by atoms with Crippen LogP contribution in [0.4, 0.5) is 0 Å². The molecule has 1 nitrogen and oxygen atoms in total. The van der Waals surface area contributed by atoms with Crippen molar-refractivity contribution in [2.75, 3.05) is 0 Å². The van der Waals surface area contributed by atoms with Gasteiger partial charge in [-0.3, -0.25) is 0 Å². The normalized spacial score (nSPS) is 12.3. The number of nitrogens with zero attached hydrogens (tertiary/aromatic N) is 1. The number of rotatable bonds is 0. The Morgan fingerprint density at radius 1 is 0.773 bits per heavy atom. The minimum atomic E-state index is 0.0830. The van der Waals surface area contributed by atoms with Crippen LogP contribution in [0.2, 0.25) is 0 Å². The molecule has 0 saturated heterocycles. The lowest BCUT2D eigenvalue weighted by Crippen LogP contribution is -2.14. The number of hydrogen-bond donors (Lipinski definition) is 0. The van der Waals surface area contributed by atoms with E-state index in [2.05, 4.69) is 72.7 Å². The third kappa shape index (κ3) is 2.20. The van der Waals surface area contributed by atoms with E-state index in [1.165, 1.54) is 38.6 Å². The van der Waals surface area contributed by atoms with Crippen molar-refractivity contribution in [2.45, 2.75) is 53.9 Å². The Bertz CT molecular complexity index is 896. The highest BCUT2D eigenvalue weighted by molar-refractivity contribution is 6.01. The fraction of sp³-hybridized carbons (Fsp3) is 0.381. The first-order valence-corrected chi connectivity index (χ1v) is 8.01. The maximum atomic E-state index is 5.01. The van der Waals surface area contributed by atoms with Crippen LogP contribution in [0.25, 0.3) is 21.8 Å². The fourth-order valence-corrected chi connectivity index (χ4v) is 3.38. The molecule has 1 heteroatoms. The molecule has 0 N–H and O–H groups in total. The predicted octanol–water partition coefficient (Wildman–Crippen LogP) is 5.92. The minimum Gasteiger partial charge on any atom is -0.247 e. The molecule has 0 aliphatic heterocycles. The van der Waals surface area contributed by atoms with Gasteiger partial charge in [0.15, 0.2) is 0 Å². The summed E-state index contributed by atoms with van der Waals surface area (Å²) in [5.41, 5.74) is 9.00. The van der Waals surface area contributed by atoms with Crippen LogP contribution >= 0.6 is 0 Å². The maximum Gasteiger partial charge on any atom is 0.0744 e. The van der Waals surface area contributed by atoms with E-state index in [-0.39, 0.29) is 5.41 Å². The standard InChI is InChI=1S/C21H25N/c1-12-8-9-13(2)20-18(12)19(21(5,6)7)16-10-14(3)15(4)11-17(16)22-20/h8-11H,1-7H3. The van der Waals surface area contributed by atoms with Crippen molar-refractivity contribution in [3.8, 4) is 0 Å². The second-order valence-electron chi connectivity index (χ2n) is 7.61. The van der Waals surface area contributed by atoms with Crippen LogP contribution in [0.5, 0.6) is 0 Å². The van der Waals surface area contributed by atoms with Gasteiger partial charge in [-0.1, -0.05) is 32.9 Å². The van der Waals surface area contributed by atoms with Crippen molar-refractivity contribution in [3.63, 3.8) is 0 Å². The minimum absolute atomic E-state index is 0.0830. The van der Waals surface area contributed by atoms with Gasteiger partial charge in [-0.2, -0.15) is 0 Å². The second-order valence-corrected chi connectivity index (χ2v) is 7.61. The van der Waals surface area contributed by atoms with Gasteiger partial charge >= 0.3 is 0 Å². The summed E-state index contributed by atoms with van der Waals surface area (Å²) in [7, 11) is 0. The summed E-state index contributed by atoms with van der Waals surface area (Å²) in [6.45, 7) is 15.6. The van der Waals surface area contributed by atoms with Crippen molar-refractivity contribution in [1.82, 2.24) is 4.98 Å². The zero-order chi connectivity index (χ0) is 16.2. The summed E-state index contributed by atoms with van der Waals surface area (Å²) in [4.78, 5) is 5.01. The van der Waals surface area contributed by atoms with Gasteiger partial charge in [0.2, 0.25) is 0 Å². The Hall–Kier alpha value is -1.89. The fourth-order valence-electron chi connectivity index (χ4n) is 3.38. The molecular formula is C21H25N. The molecule has 1 aromatic heterocycles. The third-order valence-electron chi connectivity index (χ3n) is 4.70. The van der Waals surface area contributed by atoms with Crippen LogP contribution < -0.4 is 0 Å². The van der Waals surface area contributed by atoms with E-state index in [1.807, 2.05) is 0 Å². The lowest BCUT2D eigenvalue weighted by atomic mass is 9.80. The van der Waals surface area contributed by atoms with Crippen LogP contribution in [-0.4, -0.2) is 4.98 Å². The molecule has 2 aromatic carbocycles. The largest absolute Gasteiger partial charge is 0.247 e. The van der Waals surface area contributed by atoms with E-state index in [4.69, 9.17) is 4.98 Å². The molecule has 0 bridgehead atoms. The second kappa shape index (κ2) is 4.81. The molecule has 0 aliphatic carbocycles. The van der Waals surface area contributed by atoms with Gasteiger partial charge in [-0.05, 0) is 73.1 Å². The number of aryl methyl sites for hydroxylation is 4. The molecule has 0 aliphatic rings. The molecule has 0 unspecified atom stereocenters. The molecular weight excluding hydrogens is 266 g/mol. The zero-order valence-electron chi connectivity index (χ0n) is 14.8. The van der Waals surface area contributed by atoms with E-state index in [1.54, 1.807) is 0 Å². The van der Waals surface area contributed by atoms with Crippen LogP contribution in [-0.2, 0) is 5.41 Å². The first-order chi connectivity index (χ1) is 10.2. The smallest absolute Gasteiger partial charge is 0.0744 e. The summed E-state index contributed by atoms with van der Waals surface area (Å²) in [5.74, 6) is 0. The van der Waals surface area contributed by atoms with Gasteiger partial charge in [0.1, 0.15) is 0 Å². The van der Waals surface area contributed by atoms with Crippen molar-refractivity contribution in [1.29, 1.82) is 0 Å². The molecule has 3 aromatic rings. The Balaban J connectivity index is 2.67. The van der Waals surface area contributed by atoms with E-state index < -0.39 is 0 Å². The first-order valence-electron chi connectivity index (χ1n) is 8.01. The number of fused-ring (bicyclic) bond motifs is 2. The Labute approximate surface area is 133 Å². The van der Waals surface area contributed by atoms with E-state index in [0.29, 0.717) is 0 Å². The maximum absolute atomic E-state index is 5.01. The van der Waals surface area contributed by atoms with Gasteiger partial charge in [0, 0.05) is 10.8 Å². The van der Waals surface area contributed by atoms with E-state index in [0.717, 1.165) is 11.0 Å². The van der Waals surface area contributed by atoms with Crippen LogP contribution in [0.15, 0.2) is 24.3 Å². The molecule has 1 heterocycles. The average molecular weight is 291 g/mol. The molecule has 0 atom stereocenters. The van der Waals surface area contributed by atoms with Gasteiger partial charge in [0.25, 0.3) is 0 Å². The molecule has 0 radical (unpaired) electrons. The van der Waals surface area contributed by atoms with Crippen molar-refractivity contribution in [3.05, 3.63) is 52.1 Å². The van der Waals surface area contributed by atoms with E-state index in [9.17, 15) is 0 Å². The van der Waals surface area contributed by atoms with Crippen LogP contribution in [0, 0.1) is 27.7 Å². The van der Waals surface area contributed by atoms with Crippen molar-refractivity contribution >= 4 is 21.8 Å². The third-order valence-corrected chi connectivity index (χ3v) is 4.70. The molecule has 114 valence electrons. The summed E-state index contributed by atoms with van der Waals surface area (Å²) in [6, 6.07) is 8.96. The number of aromatic nitrogens is 1. The number of pyridine rings is 1. The van der Waals surface area contributed by atoms with Crippen molar-refractivity contribution < 1.29 is 0 Å². The van der Waals surface area contributed by atoms with Crippen LogP contribution in [0.1, 0.15) is 48.6 Å². The highest BCUT2D eigenvalue weighted by Gasteiger charge is 2.23.